The van der Waals surface area contributed by atoms with Gasteiger partial charge in [-0.25, -0.2) is 9.37 Å². The molecule has 0 aliphatic carbocycles. The number of benzene rings is 2. The lowest BCUT2D eigenvalue weighted by Crippen LogP contribution is -1.95. The molecule has 0 spiro atoms. The first kappa shape index (κ1) is 12.3. The van der Waals surface area contributed by atoms with Crippen molar-refractivity contribution in [2.75, 3.05) is 0 Å². The van der Waals surface area contributed by atoms with Crippen molar-refractivity contribution >= 4 is 17.2 Å². The predicted octanol–water partition coefficient (Wildman–Crippen LogP) is 3.98. The molecule has 0 fully saturated rings. The van der Waals surface area contributed by atoms with Gasteiger partial charge in [0, 0.05) is 5.39 Å². The number of nitrogens with zero attached hydrogens (tertiary/aromatic N) is 1. The highest BCUT2D eigenvalue weighted by Crippen LogP contribution is 2.26. The number of carbonyl (C=O) groups excluding carboxylic acids is 1. The van der Waals surface area contributed by atoms with Crippen molar-refractivity contribution < 1.29 is 13.9 Å². The first-order valence-corrected chi connectivity index (χ1v) is 6.04. The van der Waals surface area contributed by atoms with Crippen molar-refractivity contribution in [3.05, 3.63) is 66.0 Å². The number of ether oxygens (including phenoxy) is 1. The molecule has 0 bridgehead atoms. The van der Waals surface area contributed by atoms with Crippen LogP contribution in [0.25, 0.3) is 10.9 Å². The molecule has 3 nitrogen and oxygen atoms in total. The van der Waals surface area contributed by atoms with Gasteiger partial charge in [0.25, 0.3) is 0 Å². The number of halogens is 1. The fourth-order valence-corrected chi connectivity index (χ4v) is 1.90. The molecule has 4 heteroatoms. The summed E-state index contributed by atoms with van der Waals surface area (Å²) in [5.41, 5.74) is 1.09. The van der Waals surface area contributed by atoms with E-state index in [1.807, 2.05) is 24.3 Å². The standard InChI is InChI=1S/C16H10FNO2/c17-13-5-7-14(8-6-13)20-16-12(10-19)9-11-3-1-2-4-15(11)18-16/h1-10H. The van der Waals surface area contributed by atoms with E-state index in [9.17, 15) is 9.18 Å². The lowest BCUT2D eigenvalue weighted by molar-refractivity contribution is 0.112. The second kappa shape index (κ2) is 5.09. The number of hydrogen-bond acceptors (Lipinski definition) is 3. The molecule has 98 valence electrons. The Kier molecular flexibility index (Phi) is 3.13. The van der Waals surface area contributed by atoms with E-state index in [4.69, 9.17) is 4.74 Å². The topological polar surface area (TPSA) is 39.2 Å². The third-order valence-corrected chi connectivity index (χ3v) is 2.87. The van der Waals surface area contributed by atoms with E-state index < -0.39 is 0 Å². The van der Waals surface area contributed by atoms with Crippen LogP contribution in [0.15, 0.2) is 54.6 Å². The molecule has 0 amide bonds. The molecule has 1 aromatic heterocycles. The van der Waals surface area contributed by atoms with Gasteiger partial charge in [-0.3, -0.25) is 4.79 Å². The molecular weight excluding hydrogens is 257 g/mol. The summed E-state index contributed by atoms with van der Waals surface area (Å²) >= 11 is 0. The SMILES string of the molecule is O=Cc1cc2ccccc2nc1Oc1ccc(F)cc1. The number of aldehydes is 1. The Morgan fingerprint density at radius 3 is 2.55 bits per heavy atom. The van der Waals surface area contributed by atoms with E-state index in [1.165, 1.54) is 24.3 Å². The third-order valence-electron chi connectivity index (χ3n) is 2.87. The highest BCUT2D eigenvalue weighted by atomic mass is 19.1. The van der Waals surface area contributed by atoms with Crippen LogP contribution in [0.2, 0.25) is 0 Å². The first-order valence-electron chi connectivity index (χ1n) is 6.04. The molecule has 0 aliphatic heterocycles. The normalized spacial score (nSPS) is 10.4. The molecule has 3 aromatic rings. The molecule has 0 atom stereocenters. The van der Waals surface area contributed by atoms with Crippen molar-refractivity contribution in [1.29, 1.82) is 0 Å². The van der Waals surface area contributed by atoms with Gasteiger partial charge in [-0.05, 0) is 36.4 Å². The van der Waals surface area contributed by atoms with Crippen LogP contribution in [0.5, 0.6) is 11.6 Å². The van der Waals surface area contributed by atoms with Gasteiger partial charge in [-0.2, -0.15) is 0 Å². The monoisotopic (exact) mass is 267 g/mol. The average Bonchev–Trinajstić information content (AvgIpc) is 2.49. The number of pyridine rings is 1. The van der Waals surface area contributed by atoms with Crippen LogP contribution in [-0.4, -0.2) is 11.3 Å². The van der Waals surface area contributed by atoms with Crippen LogP contribution in [0.3, 0.4) is 0 Å². The highest BCUT2D eigenvalue weighted by Gasteiger charge is 2.08. The summed E-state index contributed by atoms with van der Waals surface area (Å²) in [7, 11) is 0. The van der Waals surface area contributed by atoms with Gasteiger partial charge in [-0.1, -0.05) is 18.2 Å². The van der Waals surface area contributed by atoms with Crippen LogP contribution < -0.4 is 4.74 Å². The Hall–Kier alpha value is -2.75. The van der Waals surface area contributed by atoms with Crippen molar-refractivity contribution in [3.63, 3.8) is 0 Å². The molecule has 2 aromatic carbocycles. The summed E-state index contributed by atoms with van der Waals surface area (Å²) in [5.74, 6) is 0.294. The van der Waals surface area contributed by atoms with Crippen LogP contribution in [0.4, 0.5) is 4.39 Å². The minimum atomic E-state index is -0.348. The second-order valence-corrected chi connectivity index (χ2v) is 4.25. The van der Waals surface area contributed by atoms with Crippen LogP contribution in [0, 0.1) is 5.82 Å². The first-order chi connectivity index (χ1) is 9.76. The van der Waals surface area contributed by atoms with Crippen molar-refractivity contribution in [3.8, 4) is 11.6 Å². The van der Waals surface area contributed by atoms with E-state index in [2.05, 4.69) is 4.98 Å². The van der Waals surface area contributed by atoms with Gasteiger partial charge in [0.2, 0.25) is 5.88 Å². The number of carbonyl (C=O) groups is 1. The number of fused-ring (bicyclic) bond motifs is 1. The summed E-state index contributed by atoms with van der Waals surface area (Å²) in [6, 6.07) is 14.7. The number of aromatic nitrogens is 1. The lowest BCUT2D eigenvalue weighted by Gasteiger charge is -2.08. The molecular formula is C16H10FNO2. The molecule has 3 rings (SSSR count). The van der Waals surface area contributed by atoms with Gasteiger partial charge in [0.1, 0.15) is 11.6 Å². The van der Waals surface area contributed by atoms with Crippen molar-refractivity contribution in [1.82, 2.24) is 4.98 Å². The van der Waals surface area contributed by atoms with Gasteiger partial charge in [0.05, 0.1) is 11.1 Å². The van der Waals surface area contributed by atoms with Gasteiger partial charge >= 0.3 is 0 Å². The summed E-state index contributed by atoms with van der Waals surface area (Å²) in [4.78, 5) is 15.5. The number of para-hydroxylation sites is 1. The smallest absolute Gasteiger partial charge is 0.230 e. The Morgan fingerprint density at radius 2 is 1.80 bits per heavy atom. The Balaban J connectivity index is 2.05. The summed E-state index contributed by atoms with van der Waals surface area (Å²) in [5, 5.41) is 0.862. The maximum absolute atomic E-state index is 12.9. The van der Waals surface area contributed by atoms with Crippen molar-refractivity contribution in [2.45, 2.75) is 0 Å². The zero-order valence-corrected chi connectivity index (χ0v) is 10.4. The second-order valence-electron chi connectivity index (χ2n) is 4.25. The maximum atomic E-state index is 12.9. The third kappa shape index (κ3) is 2.36. The highest BCUT2D eigenvalue weighted by molar-refractivity contribution is 5.88. The van der Waals surface area contributed by atoms with Gasteiger partial charge in [-0.15, -0.1) is 0 Å². The Bertz CT molecular complexity index is 769. The van der Waals surface area contributed by atoms with Crippen LogP contribution in [-0.2, 0) is 0 Å². The zero-order valence-electron chi connectivity index (χ0n) is 10.4. The average molecular weight is 267 g/mol. The van der Waals surface area contributed by atoms with E-state index in [1.54, 1.807) is 6.07 Å². The zero-order chi connectivity index (χ0) is 13.9. The van der Waals surface area contributed by atoms with E-state index in [-0.39, 0.29) is 11.7 Å². The fourth-order valence-electron chi connectivity index (χ4n) is 1.90. The molecule has 0 saturated carbocycles. The molecule has 0 unspecified atom stereocenters. The van der Waals surface area contributed by atoms with Crippen LogP contribution in [0.1, 0.15) is 10.4 Å². The molecule has 20 heavy (non-hydrogen) atoms. The van der Waals surface area contributed by atoms with E-state index in [0.717, 1.165) is 10.9 Å². The molecule has 0 saturated heterocycles. The lowest BCUT2D eigenvalue weighted by atomic mass is 10.1. The minimum absolute atomic E-state index is 0.213. The largest absolute Gasteiger partial charge is 0.438 e. The van der Waals surface area contributed by atoms with E-state index >= 15 is 0 Å². The summed E-state index contributed by atoms with van der Waals surface area (Å²) in [6.45, 7) is 0. The molecule has 0 radical (unpaired) electrons. The number of hydrogen-bond donors (Lipinski definition) is 0. The van der Waals surface area contributed by atoms with Gasteiger partial charge < -0.3 is 4.74 Å². The molecule has 0 N–H and O–H groups in total. The Labute approximate surface area is 114 Å². The predicted molar refractivity (Wildman–Crippen MR) is 73.6 cm³/mol. The quantitative estimate of drug-likeness (QED) is 0.674. The van der Waals surface area contributed by atoms with E-state index in [0.29, 0.717) is 17.6 Å². The van der Waals surface area contributed by atoms with Gasteiger partial charge in [0.15, 0.2) is 6.29 Å². The van der Waals surface area contributed by atoms with Crippen LogP contribution >= 0.6 is 0 Å². The Morgan fingerprint density at radius 1 is 1.05 bits per heavy atom. The molecule has 1 heterocycles. The maximum Gasteiger partial charge on any atom is 0.230 e. The van der Waals surface area contributed by atoms with Crippen molar-refractivity contribution in [2.24, 2.45) is 0 Å². The number of rotatable bonds is 3. The summed E-state index contributed by atoms with van der Waals surface area (Å²) in [6.07, 6.45) is 0.693. The fraction of sp³-hybridized carbons (Fsp3) is 0. The molecule has 0 aliphatic rings. The summed E-state index contributed by atoms with van der Waals surface area (Å²) < 4.78 is 18.4. The minimum Gasteiger partial charge on any atom is -0.438 e.